The third kappa shape index (κ3) is 4.06. The lowest BCUT2D eigenvalue weighted by atomic mass is 9.87. The molecule has 4 heterocycles. The fourth-order valence-corrected chi connectivity index (χ4v) is 6.91. The molecule has 2 atom stereocenters. The number of piperidine rings is 1. The van der Waals surface area contributed by atoms with E-state index >= 15 is 0 Å². The maximum atomic E-state index is 13.8. The highest BCUT2D eigenvalue weighted by atomic mass is 16.6. The van der Waals surface area contributed by atoms with Gasteiger partial charge < -0.3 is 19.9 Å². The van der Waals surface area contributed by atoms with Gasteiger partial charge in [-0.25, -0.2) is 4.79 Å². The molecule has 8 nitrogen and oxygen atoms in total. The van der Waals surface area contributed by atoms with Gasteiger partial charge in [-0.2, -0.15) is 0 Å². The minimum atomic E-state index is -0.515. The molecule has 3 aromatic carbocycles. The summed E-state index contributed by atoms with van der Waals surface area (Å²) < 4.78 is 5.62. The van der Waals surface area contributed by atoms with Gasteiger partial charge in [0.25, 0.3) is 11.8 Å². The molecule has 2 unspecified atom stereocenters. The highest BCUT2D eigenvalue weighted by Crippen LogP contribution is 2.51. The van der Waals surface area contributed by atoms with Crippen LogP contribution in [0, 0.1) is 6.92 Å². The van der Waals surface area contributed by atoms with Crippen molar-refractivity contribution in [1.82, 2.24) is 10.2 Å². The highest BCUT2D eigenvalue weighted by molar-refractivity contribution is 6.25. The smallest absolute Gasteiger partial charge is 0.410 e. The van der Waals surface area contributed by atoms with E-state index in [2.05, 4.69) is 28.4 Å². The third-order valence-electron chi connectivity index (χ3n) is 9.16. The lowest BCUT2D eigenvalue weighted by Crippen LogP contribution is -2.70. The summed E-state index contributed by atoms with van der Waals surface area (Å²) in [6.45, 7) is 9.08. The Bertz CT molecular complexity index is 1620. The zero-order valence-electron chi connectivity index (χ0n) is 24.3. The summed E-state index contributed by atoms with van der Waals surface area (Å²) in [5.41, 5.74) is 4.33. The molecule has 8 rings (SSSR count). The summed E-state index contributed by atoms with van der Waals surface area (Å²) in [6.07, 6.45) is 2.45. The van der Waals surface area contributed by atoms with Gasteiger partial charge in [-0.05, 0) is 87.7 Å². The standard InChI is InChI=1S/C33H36N4O4/c1-19-9-10-20(36-17-21-15-22(18-36)37(21)31(40)41-32(2,3)4)16-25(19)29(38)34-33(13-14-33)26-11-12-27-28-23(26)7-6-8-24(28)30(39)35(27)5/h6-12,16,21-22H,13-15,17-18H2,1-5H3,(H,34,38). The second-order valence-electron chi connectivity index (χ2n) is 13.1. The number of rotatable bonds is 4. The number of nitrogens with zero attached hydrogens (tertiary/aromatic N) is 3. The molecule has 3 amide bonds. The Morgan fingerprint density at radius 3 is 2.44 bits per heavy atom. The summed E-state index contributed by atoms with van der Waals surface area (Å²) in [4.78, 5) is 45.1. The van der Waals surface area contributed by atoms with Crippen LogP contribution in [-0.4, -0.2) is 60.6 Å². The minimum Gasteiger partial charge on any atom is -0.444 e. The average molecular weight is 553 g/mol. The van der Waals surface area contributed by atoms with E-state index in [0.29, 0.717) is 5.56 Å². The molecule has 212 valence electrons. The number of anilines is 2. The van der Waals surface area contributed by atoms with Crippen LogP contribution in [0.3, 0.4) is 0 Å². The van der Waals surface area contributed by atoms with Crippen molar-refractivity contribution in [1.29, 1.82) is 0 Å². The zero-order chi connectivity index (χ0) is 28.8. The summed E-state index contributed by atoms with van der Waals surface area (Å²) in [5, 5.41) is 5.38. The maximum absolute atomic E-state index is 13.8. The average Bonchev–Trinajstić information content (AvgIpc) is 3.65. The van der Waals surface area contributed by atoms with E-state index in [0.717, 1.165) is 71.2 Å². The summed E-state index contributed by atoms with van der Waals surface area (Å²) in [5.74, 6) is -0.0792. The number of fused-ring (bicyclic) bond motifs is 2. The van der Waals surface area contributed by atoms with E-state index in [9.17, 15) is 14.4 Å². The van der Waals surface area contributed by atoms with E-state index in [1.807, 2.05) is 70.0 Å². The molecular formula is C33H36N4O4. The Balaban J connectivity index is 1.11. The number of benzene rings is 3. The first-order valence-electron chi connectivity index (χ1n) is 14.5. The van der Waals surface area contributed by atoms with Crippen molar-refractivity contribution in [3.63, 3.8) is 0 Å². The molecule has 1 N–H and O–H groups in total. The lowest BCUT2D eigenvalue weighted by molar-refractivity contribution is -0.0379. The van der Waals surface area contributed by atoms with Crippen LogP contribution >= 0.6 is 0 Å². The van der Waals surface area contributed by atoms with Crippen LogP contribution in [0.2, 0.25) is 0 Å². The molecule has 0 radical (unpaired) electrons. The van der Waals surface area contributed by atoms with E-state index < -0.39 is 11.1 Å². The van der Waals surface area contributed by atoms with Crippen molar-refractivity contribution in [3.8, 4) is 0 Å². The first-order valence-corrected chi connectivity index (χ1v) is 14.5. The van der Waals surface area contributed by atoms with Crippen LogP contribution in [0.5, 0.6) is 0 Å². The van der Waals surface area contributed by atoms with E-state index in [-0.39, 0.29) is 30.0 Å². The van der Waals surface area contributed by atoms with Crippen LogP contribution in [0.25, 0.3) is 10.8 Å². The van der Waals surface area contributed by atoms with Gasteiger partial charge in [0.1, 0.15) is 5.60 Å². The van der Waals surface area contributed by atoms with Crippen molar-refractivity contribution >= 4 is 40.1 Å². The molecule has 3 saturated heterocycles. The van der Waals surface area contributed by atoms with Crippen LogP contribution < -0.4 is 15.1 Å². The molecule has 3 aromatic rings. The fraction of sp³-hybridized carbons (Fsp3) is 0.424. The zero-order valence-corrected chi connectivity index (χ0v) is 24.3. The quantitative estimate of drug-likeness (QED) is 0.472. The SMILES string of the molecule is Cc1ccc(N2CC3CC(C2)N3C(=O)OC(C)(C)C)cc1C(=O)NC1(c2ccc3c4c(cccc24)C(=O)N3C)CC1. The van der Waals surface area contributed by atoms with Crippen LogP contribution in [-0.2, 0) is 10.3 Å². The molecule has 0 aromatic heterocycles. The Kier molecular flexibility index (Phi) is 5.50. The molecule has 5 aliphatic rings. The van der Waals surface area contributed by atoms with Crippen molar-refractivity contribution in [2.24, 2.45) is 0 Å². The number of hydrogen-bond acceptors (Lipinski definition) is 5. The number of aryl methyl sites for hydroxylation is 1. The molecule has 41 heavy (non-hydrogen) atoms. The van der Waals surface area contributed by atoms with E-state index in [4.69, 9.17) is 4.74 Å². The van der Waals surface area contributed by atoms with Crippen molar-refractivity contribution in [2.75, 3.05) is 29.9 Å². The third-order valence-corrected chi connectivity index (χ3v) is 9.16. The molecule has 1 saturated carbocycles. The molecule has 2 bridgehead atoms. The van der Waals surface area contributed by atoms with Gasteiger partial charge in [0, 0.05) is 42.3 Å². The van der Waals surface area contributed by atoms with Gasteiger partial charge in [-0.1, -0.05) is 24.3 Å². The number of nitrogens with one attached hydrogen (secondary N) is 1. The number of carbonyl (C=O) groups is 3. The largest absolute Gasteiger partial charge is 0.444 e. The number of carbonyl (C=O) groups excluding carboxylic acids is 3. The molecule has 8 heteroatoms. The Hall–Kier alpha value is -4.07. The van der Waals surface area contributed by atoms with Gasteiger partial charge in [-0.15, -0.1) is 0 Å². The molecule has 1 aliphatic carbocycles. The fourth-order valence-electron chi connectivity index (χ4n) is 6.91. The Morgan fingerprint density at radius 1 is 1.02 bits per heavy atom. The van der Waals surface area contributed by atoms with Crippen LogP contribution in [0.15, 0.2) is 48.5 Å². The Morgan fingerprint density at radius 2 is 1.76 bits per heavy atom. The van der Waals surface area contributed by atoms with Gasteiger partial charge in [-0.3, -0.25) is 14.5 Å². The number of hydrogen-bond donors (Lipinski definition) is 1. The topological polar surface area (TPSA) is 82.2 Å². The van der Waals surface area contributed by atoms with Crippen LogP contribution in [0.4, 0.5) is 16.2 Å². The first kappa shape index (κ1) is 25.9. The minimum absolute atomic E-state index is 0.00800. The normalized spacial score (nSPS) is 22.1. The first-order chi connectivity index (χ1) is 19.5. The monoisotopic (exact) mass is 552 g/mol. The van der Waals surface area contributed by atoms with Crippen LogP contribution in [0.1, 0.15) is 71.9 Å². The molecule has 0 spiro atoms. The highest BCUT2D eigenvalue weighted by Gasteiger charge is 2.50. The maximum Gasteiger partial charge on any atom is 0.410 e. The molecule has 4 aliphatic heterocycles. The summed E-state index contributed by atoms with van der Waals surface area (Å²) in [7, 11) is 1.81. The van der Waals surface area contributed by atoms with Gasteiger partial charge in [0.15, 0.2) is 0 Å². The molecule has 4 fully saturated rings. The number of amides is 3. The second kappa shape index (κ2) is 8.71. The molecular weight excluding hydrogens is 516 g/mol. The predicted octanol–water partition coefficient (Wildman–Crippen LogP) is 5.36. The van der Waals surface area contributed by atoms with Crippen molar-refractivity contribution in [3.05, 3.63) is 70.8 Å². The Labute approximate surface area is 240 Å². The van der Waals surface area contributed by atoms with E-state index in [1.54, 1.807) is 4.90 Å². The van der Waals surface area contributed by atoms with Crippen molar-refractivity contribution < 1.29 is 19.1 Å². The summed E-state index contributed by atoms with van der Waals surface area (Å²) >= 11 is 0. The number of ether oxygens (including phenoxy) is 1. The van der Waals surface area contributed by atoms with E-state index in [1.165, 1.54) is 0 Å². The summed E-state index contributed by atoms with van der Waals surface area (Å²) in [6, 6.07) is 16.3. The predicted molar refractivity (Wildman–Crippen MR) is 159 cm³/mol. The van der Waals surface area contributed by atoms with Gasteiger partial charge in [0.05, 0.1) is 23.3 Å². The number of piperazine rings is 1. The van der Waals surface area contributed by atoms with Crippen molar-refractivity contribution in [2.45, 2.75) is 70.2 Å². The lowest BCUT2D eigenvalue weighted by Gasteiger charge is -2.56. The van der Waals surface area contributed by atoms with Gasteiger partial charge in [0.2, 0.25) is 0 Å². The van der Waals surface area contributed by atoms with Gasteiger partial charge >= 0.3 is 6.09 Å². The second-order valence-corrected chi connectivity index (χ2v) is 13.1.